The SMILES string of the molecule is CC(C)(C)OC(=O)CCC(NC(=O)c1ccc(N)nc1Cl)C(=O)OC(C)(C)C. The molecule has 8 nitrogen and oxygen atoms in total. The van der Waals surface area contributed by atoms with Crippen molar-refractivity contribution in [2.45, 2.75) is 71.6 Å². The molecule has 28 heavy (non-hydrogen) atoms. The first-order valence-corrected chi connectivity index (χ1v) is 9.23. The highest BCUT2D eigenvalue weighted by Gasteiger charge is 2.29. The maximum absolute atomic E-state index is 12.5. The Hall–Kier alpha value is -2.35. The van der Waals surface area contributed by atoms with Crippen LogP contribution in [0.3, 0.4) is 0 Å². The fourth-order valence-corrected chi connectivity index (χ4v) is 2.38. The number of nitrogens with zero attached hydrogens (tertiary/aromatic N) is 1. The molecule has 0 aliphatic heterocycles. The second-order valence-electron chi connectivity index (χ2n) is 8.26. The van der Waals surface area contributed by atoms with Gasteiger partial charge in [0, 0.05) is 6.42 Å². The van der Waals surface area contributed by atoms with Crippen LogP contribution in [0, 0.1) is 0 Å². The van der Waals surface area contributed by atoms with E-state index in [1.165, 1.54) is 12.1 Å². The summed E-state index contributed by atoms with van der Waals surface area (Å²) in [4.78, 5) is 40.8. The van der Waals surface area contributed by atoms with E-state index in [2.05, 4.69) is 10.3 Å². The largest absolute Gasteiger partial charge is 0.460 e. The molecule has 1 aromatic rings. The minimum Gasteiger partial charge on any atom is -0.460 e. The van der Waals surface area contributed by atoms with Crippen LogP contribution in [-0.2, 0) is 19.1 Å². The summed E-state index contributed by atoms with van der Waals surface area (Å²) in [5.41, 5.74) is 4.18. The Kier molecular flexibility index (Phi) is 7.81. The number of rotatable bonds is 6. The van der Waals surface area contributed by atoms with Crippen molar-refractivity contribution >= 4 is 35.3 Å². The lowest BCUT2D eigenvalue weighted by Gasteiger charge is -2.25. The summed E-state index contributed by atoms with van der Waals surface area (Å²) in [6.07, 6.45) is -0.0647. The average molecular weight is 414 g/mol. The predicted octanol–water partition coefficient (Wildman–Crippen LogP) is 2.88. The van der Waals surface area contributed by atoms with Crippen LogP contribution >= 0.6 is 11.6 Å². The number of ether oxygens (including phenoxy) is 2. The van der Waals surface area contributed by atoms with Gasteiger partial charge >= 0.3 is 11.9 Å². The fourth-order valence-electron chi connectivity index (χ4n) is 2.13. The van der Waals surface area contributed by atoms with Crippen molar-refractivity contribution in [3.63, 3.8) is 0 Å². The molecule has 156 valence electrons. The van der Waals surface area contributed by atoms with Crippen molar-refractivity contribution in [1.82, 2.24) is 10.3 Å². The summed E-state index contributed by atoms with van der Waals surface area (Å²) in [5, 5.41) is 2.46. The van der Waals surface area contributed by atoms with Gasteiger partial charge in [-0.25, -0.2) is 9.78 Å². The van der Waals surface area contributed by atoms with E-state index >= 15 is 0 Å². The molecule has 0 aliphatic rings. The molecule has 0 fully saturated rings. The standard InChI is InChI=1S/C19H28ClN3O5/c1-18(2,3)27-14(24)10-8-12(17(26)28-19(4,5)6)22-16(25)11-7-9-13(21)23-15(11)20/h7,9,12H,8,10H2,1-6H3,(H2,21,23)(H,22,25). The van der Waals surface area contributed by atoms with Crippen LogP contribution in [0.2, 0.25) is 5.15 Å². The highest BCUT2D eigenvalue weighted by Crippen LogP contribution is 2.17. The summed E-state index contributed by atoms with van der Waals surface area (Å²) in [7, 11) is 0. The Balaban J connectivity index is 2.92. The van der Waals surface area contributed by atoms with E-state index in [4.69, 9.17) is 26.8 Å². The number of hydrogen-bond donors (Lipinski definition) is 2. The molecule has 3 N–H and O–H groups in total. The number of nitrogens with one attached hydrogen (secondary N) is 1. The summed E-state index contributed by atoms with van der Waals surface area (Å²) < 4.78 is 10.6. The van der Waals surface area contributed by atoms with Crippen LogP contribution in [0.5, 0.6) is 0 Å². The number of aromatic nitrogens is 1. The van der Waals surface area contributed by atoms with Crippen LogP contribution in [0.25, 0.3) is 0 Å². The van der Waals surface area contributed by atoms with Gasteiger partial charge in [-0.15, -0.1) is 0 Å². The first-order valence-electron chi connectivity index (χ1n) is 8.85. The van der Waals surface area contributed by atoms with Crippen LogP contribution in [0.1, 0.15) is 64.7 Å². The Morgan fingerprint density at radius 2 is 1.68 bits per heavy atom. The zero-order valence-corrected chi connectivity index (χ0v) is 17.8. The number of pyridine rings is 1. The van der Waals surface area contributed by atoms with Gasteiger partial charge in [0.2, 0.25) is 0 Å². The monoisotopic (exact) mass is 413 g/mol. The third kappa shape index (κ3) is 8.56. The van der Waals surface area contributed by atoms with Gasteiger partial charge in [-0.2, -0.15) is 0 Å². The molecule has 0 radical (unpaired) electrons. The smallest absolute Gasteiger partial charge is 0.329 e. The molecule has 0 bridgehead atoms. The van der Waals surface area contributed by atoms with Gasteiger partial charge in [0.15, 0.2) is 0 Å². The summed E-state index contributed by atoms with van der Waals surface area (Å²) in [6.45, 7) is 10.4. The molecule has 9 heteroatoms. The minimum atomic E-state index is -1.06. The van der Waals surface area contributed by atoms with Crippen molar-refractivity contribution in [1.29, 1.82) is 0 Å². The highest BCUT2D eigenvalue weighted by molar-refractivity contribution is 6.32. The number of esters is 2. The molecule has 0 saturated heterocycles. The van der Waals surface area contributed by atoms with Gasteiger partial charge in [0.1, 0.15) is 28.2 Å². The van der Waals surface area contributed by atoms with E-state index < -0.39 is 35.1 Å². The van der Waals surface area contributed by atoms with Crippen LogP contribution < -0.4 is 11.1 Å². The first-order chi connectivity index (χ1) is 12.7. The number of nitrogens with two attached hydrogens (primary N) is 1. The Bertz CT molecular complexity index is 738. The zero-order chi connectivity index (χ0) is 21.7. The van der Waals surface area contributed by atoms with Crippen molar-refractivity contribution in [3.05, 3.63) is 22.8 Å². The quantitative estimate of drug-likeness (QED) is 0.543. The predicted molar refractivity (Wildman–Crippen MR) is 106 cm³/mol. The van der Waals surface area contributed by atoms with E-state index in [1.54, 1.807) is 41.5 Å². The fraction of sp³-hybridized carbons (Fsp3) is 0.579. The minimum absolute atomic E-state index is 0.00951. The normalized spacial score (nSPS) is 12.8. The molecule has 1 heterocycles. The summed E-state index contributed by atoms with van der Waals surface area (Å²) in [5.74, 6) is -1.61. The Morgan fingerprint density at radius 1 is 1.11 bits per heavy atom. The van der Waals surface area contributed by atoms with Crippen LogP contribution in [-0.4, -0.2) is 40.1 Å². The summed E-state index contributed by atoms with van der Waals surface area (Å²) in [6, 6.07) is 1.76. The van der Waals surface area contributed by atoms with Gasteiger partial charge in [-0.3, -0.25) is 9.59 Å². The van der Waals surface area contributed by atoms with Gasteiger partial charge in [0.25, 0.3) is 5.91 Å². The van der Waals surface area contributed by atoms with Crippen LogP contribution in [0.4, 0.5) is 5.82 Å². The molecular weight excluding hydrogens is 386 g/mol. The number of carbonyl (C=O) groups is 3. The van der Waals surface area contributed by atoms with E-state index in [0.29, 0.717) is 0 Å². The summed E-state index contributed by atoms with van der Waals surface area (Å²) >= 11 is 5.95. The van der Waals surface area contributed by atoms with Gasteiger partial charge < -0.3 is 20.5 Å². The van der Waals surface area contributed by atoms with Crippen molar-refractivity contribution < 1.29 is 23.9 Å². The molecule has 1 aromatic heterocycles. The molecule has 1 atom stereocenters. The van der Waals surface area contributed by atoms with E-state index in [-0.39, 0.29) is 29.4 Å². The van der Waals surface area contributed by atoms with E-state index in [0.717, 1.165) is 0 Å². The molecule has 0 spiro atoms. The van der Waals surface area contributed by atoms with Crippen molar-refractivity contribution in [2.24, 2.45) is 0 Å². The number of amides is 1. The molecule has 0 aliphatic carbocycles. The molecule has 0 saturated carbocycles. The Morgan fingerprint density at radius 3 is 2.18 bits per heavy atom. The molecule has 1 rings (SSSR count). The average Bonchev–Trinajstić information content (AvgIpc) is 2.47. The van der Waals surface area contributed by atoms with Crippen molar-refractivity contribution in [2.75, 3.05) is 5.73 Å². The lowest BCUT2D eigenvalue weighted by Crippen LogP contribution is -2.44. The third-order valence-corrected chi connectivity index (χ3v) is 3.46. The maximum atomic E-state index is 12.5. The number of halogens is 1. The Labute approximate surface area is 170 Å². The number of nitrogen functional groups attached to an aromatic ring is 1. The van der Waals surface area contributed by atoms with Gasteiger partial charge in [-0.1, -0.05) is 11.6 Å². The highest BCUT2D eigenvalue weighted by atomic mass is 35.5. The second-order valence-corrected chi connectivity index (χ2v) is 8.62. The van der Waals surface area contributed by atoms with E-state index in [1.807, 2.05) is 0 Å². The van der Waals surface area contributed by atoms with E-state index in [9.17, 15) is 14.4 Å². The second kappa shape index (κ2) is 9.23. The lowest BCUT2D eigenvalue weighted by atomic mass is 10.1. The van der Waals surface area contributed by atoms with Gasteiger partial charge in [-0.05, 0) is 60.1 Å². The first kappa shape index (κ1) is 23.7. The molecule has 0 aromatic carbocycles. The molecule has 1 unspecified atom stereocenters. The van der Waals surface area contributed by atoms with Crippen molar-refractivity contribution in [3.8, 4) is 0 Å². The number of hydrogen-bond acceptors (Lipinski definition) is 7. The topological polar surface area (TPSA) is 121 Å². The zero-order valence-electron chi connectivity index (χ0n) is 17.1. The lowest BCUT2D eigenvalue weighted by molar-refractivity contribution is -0.158. The third-order valence-electron chi connectivity index (χ3n) is 3.17. The van der Waals surface area contributed by atoms with Gasteiger partial charge in [0.05, 0.1) is 5.56 Å². The molecule has 1 amide bonds. The maximum Gasteiger partial charge on any atom is 0.329 e. The molecular formula is C19H28ClN3O5. The number of anilines is 1. The number of carbonyl (C=O) groups excluding carboxylic acids is 3. The van der Waals surface area contributed by atoms with Crippen LogP contribution in [0.15, 0.2) is 12.1 Å².